The largest absolute Gasteiger partial charge is 0.479 e. The lowest BCUT2D eigenvalue weighted by Crippen LogP contribution is -2.44. The average molecular weight is 469 g/mol. The van der Waals surface area contributed by atoms with Crippen molar-refractivity contribution in [3.05, 3.63) is 24.8 Å². The number of ether oxygens (including phenoxy) is 3. The minimum absolute atomic E-state index is 0.0185. The second-order valence-electron chi connectivity index (χ2n) is 10.6. The van der Waals surface area contributed by atoms with Gasteiger partial charge in [-0.15, -0.1) is 6.58 Å². The lowest BCUT2D eigenvalue weighted by molar-refractivity contribution is -0.198. The van der Waals surface area contributed by atoms with Gasteiger partial charge in [0.2, 0.25) is 0 Å². The summed E-state index contributed by atoms with van der Waals surface area (Å²) in [6.45, 7) is 18.2. The predicted octanol–water partition coefficient (Wildman–Crippen LogP) is 5.55. The highest BCUT2D eigenvalue weighted by atomic mass is 28.4. The molecule has 2 fully saturated rings. The molecule has 2 unspecified atom stereocenters. The Hall–Kier alpha value is -0.993. The van der Waals surface area contributed by atoms with Gasteiger partial charge in [-0.05, 0) is 44.3 Å². The fourth-order valence-corrected chi connectivity index (χ4v) is 5.25. The molecule has 0 bridgehead atoms. The first kappa shape index (κ1) is 27.3. The molecule has 1 heterocycles. The number of carbonyl (C=O) groups is 1. The van der Waals surface area contributed by atoms with Gasteiger partial charge in [-0.2, -0.15) is 0 Å². The molecule has 1 aliphatic carbocycles. The second kappa shape index (κ2) is 11.9. The minimum Gasteiger partial charge on any atom is -0.479 e. The Morgan fingerprint density at radius 3 is 2.53 bits per heavy atom. The van der Waals surface area contributed by atoms with E-state index in [1.165, 1.54) is 0 Å². The van der Waals surface area contributed by atoms with E-state index in [0.29, 0.717) is 13.0 Å². The molecule has 6 nitrogen and oxygen atoms in total. The van der Waals surface area contributed by atoms with Crippen LogP contribution in [0.25, 0.3) is 0 Å². The summed E-state index contributed by atoms with van der Waals surface area (Å²) in [4.78, 5) is 11.7. The van der Waals surface area contributed by atoms with E-state index >= 15 is 0 Å². The topological polar surface area (TPSA) is 74.2 Å². The van der Waals surface area contributed by atoms with E-state index in [1.54, 1.807) is 6.08 Å². The summed E-state index contributed by atoms with van der Waals surface area (Å²) in [7, 11) is -1.95. The number of carboxylic acid groups (broad SMARTS) is 1. The molecule has 0 aromatic rings. The smallest absolute Gasteiger partial charge is 0.333 e. The standard InChI is InChI=1S/C25H44O6Si/c1-8-12-18-19(17-29-32(6,7)25(3,4)5)22(31-23-14-10-11-15-28-23)16-21(18)30-20(13-9-2)24(26)27/h8-9,12,18-23H,2,10-11,13-17H2,1,3-7H3,(H,26,27)/t18-,19-,20?,21+,22-,23?/m1/s1. The Morgan fingerprint density at radius 1 is 1.28 bits per heavy atom. The molecule has 2 aliphatic rings. The van der Waals surface area contributed by atoms with Crippen LogP contribution in [0.4, 0.5) is 0 Å². The van der Waals surface area contributed by atoms with E-state index in [4.69, 9.17) is 18.6 Å². The van der Waals surface area contributed by atoms with Crippen molar-refractivity contribution in [3.8, 4) is 0 Å². The highest BCUT2D eigenvalue weighted by Gasteiger charge is 2.47. The van der Waals surface area contributed by atoms with Crippen LogP contribution in [0.1, 0.15) is 59.8 Å². The van der Waals surface area contributed by atoms with Crippen molar-refractivity contribution in [3.63, 3.8) is 0 Å². The van der Waals surface area contributed by atoms with Gasteiger partial charge in [-0.3, -0.25) is 0 Å². The summed E-state index contributed by atoms with van der Waals surface area (Å²) in [5, 5.41) is 9.72. The molecule has 7 heteroatoms. The fraction of sp³-hybridized carbons (Fsp3) is 0.800. The predicted molar refractivity (Wildman–Crippen MR) is 129 cm³/mol. The van der Waals surface area contributed by atoms with Gasteiger partial charge >= 0.3 is 5.97 Å². The second-order valence-corrected chi connectivity index (χ2v) is 15.4. The number of hydrogen-bond donors (Lipinski definition) is 1. The molecule has 0 amide bonds. The highest BCUT2D eigenvalue weighted by Crippen LogP contribution is 2.42. The SMILES string of the molecule is C=CCC(O[C@H]1C[C@@H](OC2CCCCO2)[C@H](CO[Si](C)(C)C(C)(C)C)[C@H]1C=CC)C(=O)O. The van der Waals surface area contributed by atoms with Gasteiger partial charge in [0.1, 0.15) is 0 Å². The Balaban J connectivity index is 2.24. The molecule has 6 atom stereocenters. The number of hydrogen-bond acceptors (Lipinski definition) is 5. The van der Waals surface area contributed by atoms with Crippen LogP contribution in [0.15, 0.2) is 24.8 Å². The molecule has 1 saturated heterocycles. The third-order valence-electron chi connectivity index (χ3n) is 7.18. The molecule has 0 spiro atoms. The number of allylic oxidation sites excluding steroid dienone is 1. The quantitative estimate of drug-likeness (QED) is 0.317. The normalized spacial score (nSPS) is 30.5. The number of carboxylic acids is 1. The molecular formula is C25H44O6Si. The molecule has 1 N–H and O–H groups in total. The molecule has 184 valence electrons. The summed E-state index contributed by atoms with van der Waals surface area (Å²) in [6, 6.07) is 0. The maximum Gasteiger partial charge on any atom is 0.333 e. The van der Waals surface area contributed by atoms with Gasteiger partial charge in [0.15, 0.2) is 20.7 Å². The zero-order valence-corrected chi connectivity index (χ0v) is 21.8. The zero-order valence-electron chi connectivity index (χ0n) is 20.8. The molecule has 32 heavy (non-hydrogen) atoms. The Morgan fingerprint density at radius 2 is 2.00 bits per heavy atom. The van der Waals surface area contributed by atoms with Crippen LogP contribution < -0.4 is 0 Å². The maximum atomic E-state index is 11.7. The van der Waals surface area contributed by atoms with Crippen molar-refractivity contribution < 1.29 is 28.5 Å². The van der Waals surface area contributed by atoms with Crippen LogP contribution in [0.5, 0.6) is 0 Å². The molecule has 0 aromatic carbocycles. The summed E-state index contributed by atoms with van der Waals surface area (Å²) in [5.41, 5.74) is 0. The van der Waals surface area contributed by atoms with Gasteiger partial charge in [0.25, 0.3) is 0 Å². The van der Waals surface area contributed by atoms with Gasteiger partial charge in [0.05, 0.1) is 12.2 Å². The van der Waals surface area contributed by atoms with Gasteiger partial charge in [-0.1, -0.05) is 39.0 Å². The van der Waals surface area contributed by atoms with Crippen LogP contribution in [-0.2, 0) is 23.4 Å². The number of rotatable bonds is 11. The Bertz CT molecular complexity index is 635. The van der Waals surface area contributed by atoms with E-state index in [-0.39, 0.29) is 41.8 Å². The molecule has 2 rings (SSSR count). The summed E-state index contributed by atoms with van der Waals surface area (Å²) < 4.78 is 25.1. The molecule has 0 aromatic heterocycles. The molecule has 0 radical (unpaired) electrons. The van der Waals surface area contributed by atoms with Crippen molar-refractivity contribution in [1.29, 1.82) is 0 Å². The lowest BCUT2D eigenvalue weighted by Gasteiger charge is -2.38. The summed E-state index contributed by atoms with van der Waals surface area (Å²) in [5.74, 6) is -0.864. The Labute approximate surface area is 195 Å². The third kappa shape index (κ3) is 7.25. The van der Waals surface area contributed by atoms with E-state index in [9.17, 15) is 9.90 Å². The summed E-state index contributed by atoms with van der Waals surface area (Å²) >= 11 is 0. The van der Waals surface area contributed by atoms with Gasteiger partial charge in [-0.25, -0.2) is 4.79 Å². The fourth-order valence-electron chi connectivity index (χ4n) is 4.21. The highest BCUT2D eigenvalue weighted by molar-refractivity contribution is 6.74. The van der Waals surface area contributed by atoms with E-state index in [2.05, 4.69) is 46.5 Å². The monoisotopic (exact) mass is 468 g/mol. The van der Waals surface area contributed by atoms with Crippen LogP contribution in [-0.4, -0.2) is 57.2 Å². The van der Waals surface area contributed by atoms with Crippen molar-refractivity contribution in [2.45, 2.75) is 103 Å². The van der Waals surface area contributed by atoms with Crippen LogP contribution in [0, 0.1) is 11.8 Å². The van der Waals surface area contributed by atoms with E-state index in [0.717, 1.165) is 25.9 Å². The van der Waals surface area contributed by atoms with Gasteiger partial charge < -0.3 is 23.7 Å². The zero-order chi connectivity index (χ0) is 23.9. The first-order valence-corrected chi connectivity index (χ1v) is 14.9. The van der Waals surface area contributed by atoms with Crippen molar-refractivity contribution in [1.82, 2.24) is 0 Å². The first-order chi connectivity index (χ1) is 15.0. The van der Waals surface area contributed by atoms with E-state index in [1.807, 2.05) is 13.0 Å². The average Bonchev–Trinajstić information content (AvgIpc) is 3.02. The van der Waals surface area contributed by atoms with Crippen LogP contribution in [0.2, 0.25) is 18.1 Å². The van der Waals surface area contributed by atoms with Gasteiger partial charge in [0, 0.05) is 37.9 Å². The lowest BCUT2D eigenvalue weighted by atomic mass is 9.93. The van der Waals surface area contributed by atoms with Crippen LogP contribution in [0.3, 0.4) is 0 Å². The van der Waals surface area contributed by atoms with Crippen molar-refractivity contribution in [2.75, 3.05) is 13.2 Å². The maximum absolute atomic E-state index is 11.7. The van der Waals surface area contributed by atoms with E-state index < -0.39 is 20.4 Å². The number of aliphatic carboxylic acids is 1. The molecular weight excluding hydrogens is 424 g/mol. The first-order valence-electron chi connectivity index (χ1n) is 12.0. The third-order valence-corrected chi connectivity index (χ3v) is 11.7. The minimum atomic E-state index is -1.95. The van der Waals surface area contributed by atoms with Crippen molar-refractivity contribution in [2.24, 2.45) is 11.8 Å². The summed E-state index contributed by atoms with van der Waals surface area (Å²) in [6.07, 6.45) is 8.22. The molecule has 1 aliphatic heterocycles. The Kier molecular flexibility index (Phi) is 10.2. The van der Waals surface area contributed by atoms with Crippen molar-refractivity contribution >= 4 is 14.3 Å². The van der Waals surface area contributed by atoms with Crippen LogP contribution >= 0.6 is 0 Å². The molecule has 1 saturated carbocycles.